The van der Waals surface area contributed by atoms with Crippen molar-refractivity contribution in [2.45, 2.75) is 39.0 Å². The molecule has 3 heterocycles. The lowest BCUT2D eigenvalue weighted by Gasteiger charge is -2.32. The van der Waals surface area contributed by atoms with Crippen molar-refractivity contribution in [3.8, 4) is 11.5 Å². The summed E-state index contributed by atoms with van der Waals surface area (Å²) >= 11 is 0. The normalized spacial score (nSPS) is 21.9. The molecule has 8 nitrogen and oxygen atoms in total. The molecule has 2 unspecified atom stereocenters. The summed E-state index contributed by atoms with van der Waals surface area (Å²) in [6.45, 7) is 6.63. The van der Waals surface area contributed by atoms with E-state index in [4.69, 9.17) is 14.2 Å². The molecular weight excluding hydrogens is 494 g/mol. The minimum Gasteiger partial charge on any atom is -0.493 e. The van der Waals surface area contributed by atoms with Gasteiger partial charge in [-0.15, -0.1) is 0 Å². The highest BCUT2D eigenvalue weighted by Gasteiger charge is 2.43. The molecule has 0 bridgehead atoms. The van der Waals surface area contributed by atoms with Crippen LogP contribution >= 0.6 is 0 Å². The summed E-state index contributed by atoms with van der Waals surface area (Å²) in [6, 6.07) is 2.38. The Morgan fingerprint density at radius 1 is 1.03 bits per heavy atom. The van der Waals surface area contributed by atoms with Gasteiger partial charge in [-0.05, 0) is 50.4 Å². The van der Waals surface area contributed by atoms with Crippen LogP contribution in [0.4, 0.5) is 14.7 Å². The first-order valence-corrected chi connectivity index (χ1v) is 13.7. The van der Waals surface area contributed by atoms with Crippen molar-refractivity contribution in [2.75, 3.05) is 57.5 Å². The number of aromatic nitrogens is 2. The molecule has 5 rings (SSSR count). The predicted molar refractivity (Wildman–Crippen MR) is 137 cm³/mol. The molecule has 206 valence electrons. The average Bonchev–Trinajstić information content (AvgIpc) is 3.71. The summed E-state index contributed by atoms with van der Waals surface area (Å²) in [5.41, 5.74) is -0.210. The van der Waals surface area contributed by atoms with Crippen molar-refractivity contribution in [3.63, 3.8) is 0 Å². The van der Waals surface area contributed by atoms with Gasteiger partial charge in [-0.3, -0.25) is 4.79 Å². The molecule has 2 atom stereocenters. The van der Waals surface area contributed by atoms with Crippen LogP contribution in [0.15, 0.2) is 24.5 Å². The smallest absolute Gasteiger partial charge is 0.227 e. The number of benzene rings is 1. The fourth-order valence-electron chi connectivity index (χ4n) is 5.66. The van der Waals surface area contributed by atoms with Crippen molar-refractivity contribution in [2.24, 2.45) is 17.8 Å². The van der Waals surface area contributed by atoms with Crippen LogP contribution in [0.25, 0.3) is 0 Å². The molecule has 1 aromatic heterocycles. The van der Waals surface area contributed by atoms with Crippen LogP contribution in [0.5, 0.6) is 11.5 Å². The van der Waals surface area contributed by atoms with E-state index in [-0.39, 0.29) is 23.6 Å². The fourth-order valence-corrected chi connectivity index (χ4v) is 5.66. The topological polar surface area (TPSA) is 77.0 Å². The van der Waals surface area contributed by atoms with E-state index in [9.17, 15) is 13.6 Å². The molecule has 1 aromatic carbocycles. The van der Waals surface area contributed by atoms with E-state index in [0.717, 1.165) is 38.3 Å². The van der Waals surface area contributed by atoms with E-state index < -0.39 is 11.6 Å². The lowest BCUT2D eigenvalue weighted by atomic mass is 9.90. The Balaban J connectivity index is 1.03. The number of piperidine rings is 1. The molecule has 2 aliphatic heterocycles. The first-order valence-electron chi connectivity index (χ1n) is 13.7. The van der Waals surface area contributed by atoms with Crippen molar-refractivity contribution < 1.29 is 27.8 Å². The second-order valence-electron chi connectivity index (χ2n) is 10.3. The Kier molecular flexibility index (Phi) is 8.56. The average molecular weight is 531 g/mol. The molecule has 0 N–H and O–H groups in total. The second-order valence-corrected chi connectivity index (χ2v) is 10.3. The minimum absolute atomic E-state index is 0.170. The first kappa shape index (κ1) is 26.6. The molecule has 1 amide bonds. The minimum atomic E-state index is -0.742. The fraction of sp³-hybridized carbons (Fsp3) is 0.607. The van der Waals surface area contributed by atoms with Crippen LogP contribution in [0, 0.1) is 29.4 Å². The Labute approximate surface area is 222 Å². The molecule has 3 aliphatic rings. The number of hydrogen-bond acceptors (Lipinski definition) is 7. The van der Waals surface area contributed by atoms with Gasteiger partial charge in [0, 0.05) is 43.9 Å². The van der Waals surface area contributed by atoms with E-state index in [0.29, 0.717) is 63.0 Å². The van der Waals surface area contributed by atoms with Gasteiger partial charge < -0.3 is 24.0 Å². The number of rotatable bonds is 10. The molecule has 3 fully saturated rings. The van der Waals surface area contributed by atoms with Crippen LogP contribution in [0.2, 0.25) is 0 Å². The maximum absolute atomic E-state index is 14.6. The molecular formula is C28H36F2N4O4. The predicted octanol–water partition coefficient (Wildman–Crippen LogP) is 3.88. The Morgan fingerprint density at radius 3 is 2.37 bits per heavy atom. The molecule has 1 aliphatic carbocycles. The molecule has 2 saturated heterocycles. The van der Waals surface area contributed by atoms with E-state index in [2.05, 4.69) is 14.9 Å². The lowest BCUT2D eigenvalue weighted by molar-refractivity contribution is -0.134. The zero-order chi connectivity index (χ0) is 26.5. The summed E-state index contributed by atoms with van der Waals surface area (Å²) in [4.78, 5) is 25.1. The van der Waals surface area contributed by atoms with Gasteiger partial charge >= 0.3 is 0 Å². The van der Waals surface area contributed by atoms with Gasteiger partial charge in [0.25, 0.3) is 0 Å². The van der Waals surface area contributed by atoms with Gasteiger partial charge in [0.05, 0.1) is 45.2 Å². The quantitative estimate of drug-likeness (QED) is 0.462. The zero-order valence-electron chi connectivity index (χ0n) is 21.9. The van der Waals surface area contributed by atoms with Gasteiger partial charge in [-0.25, -0.2) is 18.7 Å². The highest BCUT2D eigenvalue weighted by Crippen LogP contribution is 2.49. The Morgan fingerprint density at radius 2 is 1.71 bits per heavy atom. The van der Waals surface area contributed by atoms with Crippen LogP contribution in [0.1, 0.15) is 38.2 Å². The van der Waals surface area contributed by atoms with Crippen molar-refractivity contribution in [1.82, 2.24) is 14.9 Å². The number of morpholine rings is 1. The van der Waals surface area contributed by atoms with Crippen molar-refractivity contribution in [1.29, 1.82) is 0 Å². The maximum atomic E-state index is 14.6. The molecule has 10 heteroatoms. The number of ether oxygens (including phenoxy) is 3. The Bertz CT molecular complexity index is 1070. The summed E-state index contributed by atoms with van der Waals surface area (Å²) in [7, 11) is 0. The third-order valence-corrected chi connectivity index (χ3v) is 7.89. The molecule has 0 spiro atoms. The number of nitrogens with zero attached hydrogens (tertiary/aromatic N) is 4. The van der Waals surface area contributed by atoms with Gasteiger partial charge in [0.2, 0.25) is 11.9 Å². The van der Waals surface area contributed by atoms with E-state index >= 15 is 0 Å². The third-order valence-electron chi connectivity index (χ3n) is 7.89. The number of carbonyl (C=O) groups excluding carboxylic acids is 1. The zero-order valence-corrected chi connectivity index (χ0v) is 21.9. The van der Waals surface area contributed by atoms with Crippen LogP contribution in [-0.4, -0.2) is 73.4 Å². The van der Waals surface area contributed by atoms with E-state index in [1.165, 1.54) is 18.6 Å². The SMILES string of the molecule is CCOc1cnc(N2CCC(C3CC3CCOc3cc(F)c(CC(=O)N4CCOCC4)c(F)c3)CC2)nc1. The summed E-state index contributed by atoms with van der Waals surface area (Å²) in [6.07, 6.45) is 7.42. The summed E-state index contributed by atoms with van der Waals surface area (Å²) < 4.78 is 45.6. The van der Waals surface area contributed by atoms with Crippen LogP contribution in [0.3, 0.4) is 0 Å². The first-order chi connectivity index (χ1) is 18.5. The monoisotopic (exact) mass is 530 g/mol. The van der Waals surface area contributed by atoms with Crippen molar-refractivity contribution in [3.05, 3.63) is 41.7 Å². The number of anilines is 1. The second kappa shape index (κ2) is 12.2. The highest BCUT2D eigenvalue weighted by molar-refractivity contribution is 5.79. The lowest BCUT2D eigenvalue weighted by Crippen LogP contribution is -2.41. The van der Waals surface area contributed by atoms with Gasteiger partial charge in [-0.1, -0.05) is 0 Å². The van der Waals surface area contributed by atoms with Gasteiger partial charge in [0.1, 0.15) is 17.4 Å². The number of amides is 1. The summed E-state index contributed by atoms with van der Waals surface area (Å²) in [5, 5.41) is 0. The molecule has 0 radical (unpaired) electrons. The van der Waals surface area contributed by atoms with E-state index in [1.54, 1.807) is 17.3 Å². The standard InChI is InChI=1S/C28H36F2N4O4/c1-2-37-22-17-31-28(32-18-22)34-6-3-19(4-7-34)23-13-20(23)5-10-38-21-14-25(29)24(26(30)15-21)16-27(35)33-8-11-36-12-9-33/h14-15,17-20,23H,2-13,16H2,1H3. The number of carbonyl (C=O) groups is 1. The van der Waals surface area contributed by atoms with Gasteiger partial charge in [0.15, 0.2) is 5.75 Å². The molecule has 1 saturated carbocycles. The maximum Gasteiger partial charge on any atom is 0.227 e. The van der Waals surface area contributed by atoms with Crippen LogP contribution < -0.4 is 14.4 Å². The molecule has 38 heavy (non-hydrogen) atoms. The van der Waals surface area contributed by atoms with Crippen molar-refractivity contribution >= 4 is 11.9 Å². The highest BCUT2D eigenvalue weighted by atomic mass is 19.1. The van der Waals surface area contributed by atoms with E-state index in [1.807, 2.05) is 6.92 Å². The van der Waals surface area contributed by atoms with Crippen LogP contribution in [-0.2, 0) is 16.0 Å². The number of hydrogen-bond donors (Lipinski definition) is 0. The third kappa shape index (κ3) is 6.51. The number of halogens is 2. The van der Waals surface area contributed by atoms with Gasteiger partial charge in [-0.2, -0.15) is 0 Å². The molecule has 2 aromatic rings. The largest absolute Gasteiger partial charge is 0.493 e. The Hall–Kier alpha value is -3.01. The summed E-state index contributed by atoms with van der Waals surface area (Å²) in [5.74, 6) is 1.79.